The molecule has 0 radical (unpaired) electrons. The Morgan fingerprint density at radius 3 is 0.585 bits per heavy atom. The monoisotopic (exact) mass is 1800 g/mol. The van der Waals surface area contributed by atoms with Gasteiger partial charge in [-0.2, -0.15) is 0 Å². The molecule has 0 bridgehead atoms. The minimum Gasteiger partial charge on any atom is -0.310 e. The highest BCUT2D eigenvalue weighted by molar-refractivity contribution is 5.99. The summed E-state index contributed by atoms with van der Waals surface area (Å²) < 4.78 is 0. The molecule has 6 aliphatic carbocycles. The van der Waals surface area contributed by atoms with Crippen LogP contribution in [-0.4, -0.2) is 0 Å². The summed E-state index contributed by atoms with van der Waals surface area (Å²) in [5.41, 5.74) is 46.3. The fourth-order valence-corrected chi connectivity index (χ4v) is 27.3. The highest BCUT2D eigenvalue weighted by atomic mass is 15.2. The van der Waals surface area contributed by atoms with Crippen LogP contribution < -0.4 is 9.80 Å². The third-order valence-corrected chi connectivity index (χ3v) is 32.9. The zero-order chi connectivity index (χ0) is 93.9. The average molecular weight is 1810 g/mol. The van der Waals surface area contributed by atoms with Crippen molar-refractivity contribution < 1.29 is 0 Å². The number of anilines is 6. The second kappa shape index (κ2) is 32.3. The summed E-state index contributed by atoms with van der Waals surface area (Å²) in [6, 6.07) is 211. The third-order valence-electron chi connectivity index (χ3n) is 32.9. The Balaban J connectivity index is 0.627. The Kier molecular flexibility index (Phi) is 18.8. The molecule has 1 unspecified atom stereocenters. The van der Waals surface area contributed by atoms with Crippen molar-refractivity contribution in [2.45, 2.75) is 45.8 Å². The van der Waals surface area contributed by atoms with Gasteiger partial charge in [-0.05, 0) is 274 Å². The Morgan fingerprint density at radius 1 is 0.134 bits per heavy atom. The summed E-state index contributed by atoms with van der Waals surface area (Å²) >= 11 is 0. The molecule has 22 aromatic rings. The quantitative estimate of drug-likeness (QED) is 0.0845. The van der Waals surface area contributed by atoms with Gasteiger partial charge in [-0.25, -0.2) is 0 Å². The highest BCUT2D eigenvalue weighted by Gasteiger charge is 2.54. The van der Waals surface area contributed by atoms with E-state index < -0.39 is 32.5 Å². The number of hydrogen-bond acceptors (Lipinski definition) is 2. The summed E-state index contributed by atoms with van der Waals surface area (Å²) in [5, 5.41) is 0. The van der Waals surface area contributed by atoms with Crippen LogP contribution in [0.1, 0.15) is 135 Å². The SMILES string of the molecule is CC1(Cc2ccc3c(c2)-c2ccc(N(c4ccc5c(c4)-c4ccccc4C5(c4ccccc4)c4ccccc4)c4ccc5c(c4)C(c4ccccc4)(c4ccccc4)c4ccccc4-5)cc2C3(c2ccccc2)c2ccccc2)c2ccccc2-c2cc(N(c3ccc4c(c3)-c3ccccc3C4(c3ccccc3)c3ccccc3)c3ccc4c(c3)C(c3ccccc3)(c3ccccc3)c3ccccc3-4)ccc21. The standard InChI is InChI=1S/C140H96N2/c1-135(123-67-37-32-64-113(123)120-87-105(76-83-124(120)135)141(106-77-84-130-121(88-106)114-65-35-40-70-127(114)136(130,95-42-12-2-13-43-95)96-44-14-3-15-45-96)108-73-79-116-111-62-33-38-68-125(111)138(132(116)90-108,99-50-20-6-21-51-99)100-52-22-7-23-53-100)93-94-72-82-129-119(86-94)118-81-75-110(92-134(118)140(129,103-58-28-10-29-59-103)104-60-30-11-31-61-104)142(107-78-85-131-122(89-107)115-66-36-41-71-128(115)137(131,97-46-16-4-17-47-97)98-48-18-5-19-49-98)109-74-80-117-112-63-34-39-69-126(112)139(133(117)91-109,101-54-24-8-25-55-101)102-56-26-9-27-57-102/h2-92H,93H2,1H3. The number of fused-ring (bicyclic) bond motifs is 18. The topological polar surface area (TPSA) is 6.48 Å². The summed E-state index contributed by atoms with van der Waals surface area (Å²) in [6.07, 6.45) is 0.742. The lowest BCUT2D eigenvalue weighted by Gasteiger charge is -2.36. The molecule has 142 heavy (non-hydrogen) atoms. The Morgan fingerprint density at radius 2 is 0.303 bits per heavy atom. The first-order valence-corrected chi connectivity index (χ1v) is 50.0. The van der Waals surface area contributed by atoms with Crippen LogP contribution in [0.2, 0.25) is 0 Å². The van der Waals surface area contributed by atoms with Crippen LogP contribution in [0.3, 0.4) is 0 Å². The Labute approximate surface area is 830 Å². The van der Waals surface area contributed by atoms with E-state index in [2.05, 4.69) is 569 Å². The largest absolute Gasteiger partial charge is 0.310 e. The number of hydrogen-bond donors (Lipinski definition) is 0. The molecule has 2 heteroatoms. The van der Waals surface area contributed by atoms with Gasteiger partial charge >= 0.3 is 0 Å². The van der Waals surface area contributed by atoms with Crippen molar-refractivity contribution in [2.24, 2.45) is 0 Å². The molecule has 0 aliphatic heterocycles. The molecule has 0 aromatic heterocycles. The summed E-state index contributed by atoms with van der Waals surface area (Å²) in [6.45, 7) is 2.52. The van der Waals surface area contributed by atoms with Gasteiger partial charge in [0, 0.05) is 39.5 Å². The van der Waals surface area contributed by atoms with Gasteiger partial charge in [0.2, 0.25) is 0 Å². The minimum absolute atomic E-state index is 0.473. The van der Waals surface area contributed by atoms with Gasteiger partial charge in [0.15, 0.2) is 0 Å². The van der Waals surface area contributed by atoms with Crippen LogP contribution in [0.15, 0.2) is 552 Å². The molecule has 1 atom stereocenters. The minimum atomic E-state index is -0.772. The van der Waals surface area contributed by atoms with Crippen LogP contribution in [-0.2, 0) is 38.9 Å². The van der Waals surface area contributed by atoms with Gasteiger partial charge in [-0.15, -0.1) is 0 Å². The lowest BCUT2D eigenvalue weighted by molar-refractivity contribution is 0.583. The van der Waals surface area contributed by atoms with Gasteiger partial charge < -0.3 is 9.80 Å². The lowest BCUT2D eigenvalue weighted by Crippen LogP contribution is -2.29. The predicted octanol–water partition coefficient (Wildman–Crippen LogP) is 34.0. The Hall–Kier alpha value is -17.6. The first-order valence-electron chi connectivity index (χ1n) is 50.0. The molecule has 6 aliphatic rings. The Bertz CT molecular complexity index is 8540. The summed E-state index contributed by atoms with van der Waals surface area (Å²) in [7, 11) is 0. The van der Waals surface area contributed by atoms with Gasteiger partial charge in [-0.1, -0.05) is 486 Å². The fraction of sp³-hybridized carbons (Fsp3) is 0.0571. The van der Waals surface area contributed by atoms with E-state index in [-0.39, 0.29) is 0 Å². The van der Waals surface area contributed by atoms with E-state index in [0.29, 0.717) is 0 Å². The van der Waals surface area contributed by atoms with Crippen molar-refractivity contribution in [3.05, 3.63) is 680 Å². The predicted molar refractivity (Wildman–Crippen MR) is 584 cm³/mol. The van der Waals surface area contributed by atoms with Crippen molar-refractivity contribution in [3.8, 4) is 66.8 Å². The van der Waals surface area contributed by atoms with Crippen molar-refractivity contribution in [3.63, 3.8) is 0 Å². The molecule has 0 N–H and O–H groups in total. The molecule has 0 saturated heterocycles. The zero-order valence-corrected chi connectivity index (χ0v) is 78.6. The van der Waals surface area contributed by atoms with Crippen LogP contribution in [0.25, 0.3) is 66.8 Å². The van der Waals surface area contributed by atoms with E-state index in [9.17, 15) is 0 Å². The molecular formula is C140H96N2. The number of benzene rings is 22. The smallest absolute Gasteiger partial charge is 0.0714 e. The second-order valence-electron chi connectivity index (χ2n) is 39.6. The van der Waals surface area contributed by atoms with Crippen molar-refractivity contribution >= 4 is 34.1 Å². The van der Waals surface area contributed by atoms with Crippen LogP contribution in [0.5, 0.6) is 0 Å². The van der Waals surface area contributed by atoms with E-state index in [1.807, 2.05) is 0 Å². The number of nitrogens with zero attached hydrogens (tertiary/aromatic N) is 2. The molecule has 0 spiro atoms. The average Bonchev–Trinajstić information content (AvgIpc) is 1.55. The van der Waals surface area contributed by atoms with Gasteiger partial charge in [0.25, 0.3) is 0 Å². The van der Waals surface area contributed by atoms with Crippen LogP contribution >= 0.6 is 0 Å². The van der Waals surface area contributed by atoms with Gasteiger partial charge in [0.05, 0.1) is 27.1 Å². The number of rotatable bonds is 18. The van der Waals surface area contributed by atoms with Crippen molar-refractivity contribution in [1.29, 1.82) is 0 Å². The molecule has 28 rings (SSSR count). The maximum atomic E-state index is 2.59. The van der Waals surface area contributed by atoms with E-state index in [0.717, 1.165) is 40.5 Å². The zero-order valence-electron chi connectivity index (χ0n) is 78.6. The normalized spacial score (nSPS) is 15.4. The third kappa shape index (κ3) is 11.7. The first-order chi connectivity index (χ1) is 70.3. The lowest BCUT2D eigenvalue weighted by atomic mass is 9.67. The summed E-state index contributed by atoms with van der Waals surface area (Å²) in [5.74, 6) is 0. The fourth-order valence-electron chi connectivity index (χ4n) is 27.3. The molecule has 666 valence electrons. The van der Waals surface area contributed by atoms with Crippen molar-refractivity contribution in [1.82, 2.24) is 0 Å². The molecule has 0 saturated carbocycles. The van der Waals surface area contributed by atoms with E-state index in [4.69, 9.17) is 0 Å². The highest BCUT2D eigenvalue weighted by Crippen LogP contribution is 2.66. The molecular weight excluding hydrogens is 1710 g/mol. The first kappa shape index (κ1) is 82.7. The van der Waals surface area contributed by atoms with Gasteiger partial charge in [0.1, 0.15) is 0 Å². The van der Waals surface area contributed by atoms with E-state index in [1.165, 1.54) is 195 Å². The van der Waals surface area contributed by atoms with E-state index >= 15 is 0 Å². The second-order valence-corrected chi connectivity index (χ2v) is 39.6. The molecule has 2 nitrogen and oxygen atoms in total. The maximum Gasteiger partial charge on any atom is 0.0714 e. The molecule has 0 amide bonds. The van der Waals surface area contributed by atoms with Gasteiger partial charge in [-0.3, -0.25) is 0 Å². The van der Waals surface area contributed by atoms with Crippen LogP contribution in [0.4, 0.5) is 34.1 Å². The molecule has 0 fully saturated rings. The van der Waals surface area contributed by atoms with Crippen molar-refractivity contribution in [2.75, 3.05) is 9.80 Å². The maximum absolute atomic E-state index is 2.59. The molecule has 22 aromatic carbocycles. The van der Waals surface area contributed by atoms with Crippen LogP contribution in [0, 0.1) is 0 Å². The van der Waals surface area contributed by atoms with E-state index in [1.54, 1.807) is 0 Å². The summed E-state index contributed by atoms with van der Waals surface area (Å²) in [4.78, 5) is 5.17. The molecule has 0 heterocycles.